The molecule has 0 bridgehead atoms. The van der Waals surface area contributed by atoms with Crippen molar-refractivity contribution in [2.45, 2.75) is 38.8 Å². The summed E-state index contributed by atoms with van der Waals surface area (Å²) in [5.41, 5.74) is 6.76. The minimum Gasteiger partial charge on any atom is -0.443 e. The van der Waals surface area contributed by atoms with Gasteiger partial charge in [0.05, 0.1) is 5.69 Å². The van der Waals surface area contributed by atoms with Crippen LogP contribution in [0.4, 0.5) is 14.9 Å². The van der Waals surface area contributed by atoms with Crippen molar-refractivity contribution in [2.75, 3.05) is 11.4 Å². The normalized spacial score (nSPS) is 19.0. The summed E-state index contributed by atoms with van der Waals surface area (Å²) in [5.74, 6) is -0.372. The number of hydrogen-bond acceptors (Lipinski definition) is 3. The molecular formula is C14H19FN2O2. The van der Waals surface area contributed by atoms with E-state index in [4.69, 9.17) is 10.5 Å². The molecule has 1 aliphatic rings. The number of fused-ring (bicyclic) bond motifs is 1. The highest BCUT2D eigenvalue weighted by atomic mass is 19.1. The summed E-state index contributed by atoms with van der Waals surface area (Å²) in [6, 6.07) is 4.24. The van der Waals surface area contributed by atoms with Crippen molar-refractivity contribution in [1.82, 2.24) is 0 Å². The van der Waals surface area contributed by atoms with Crippen LogP contribution in [0.1, 0.15) is 26.3 Å². The zero-order valence-corrected chi connectivity index (χ0v) is 11.4. The second kappa shape index (κ2) is 4.81. The van der Waals surface area contributed by atoms with E-state index in [9.17, 15) is 9.18 Å². The molecule has 1 aromatic carbocycles. The number of hydrogen-bond donors (Lipinski definition) is 1. The summed E-state index contributed by atoms with van der Waals surface area (Å²) < 4.78 is 18.7. The number of halogens is 1. The third-order valence-corrected chi connectivity index (χ3v) is 2.85. The first-order valence-electron chi connectivity index (χ1n) is 6.31. The Morgan fingerprint density at radius 2 is 2.16 bits per heavy atom. The molecule has 0 saturated carbocycles. The maximum Gasteiger partial charge on any atom is 0.414 e. The molecule has 2 N–H and O–H groups in total. The van der Waals surface area contributed by atoms with Gasteiger partial charge in [-0.25, -0.2) is 9.18 Å². The van der Waals surface area contributed by atoms with E-state index in [2.05, 4.69) is 0 Å². The highest BCUT2D eigenvalue weighted by molar-refractivity contribution is 5.89. The molecule has 4 nitrogen and oxygen atoms in total. The molecule has 104 valence electrons. The molecule has 0 radical (unpaired) electrons. The van der Waals surface area contributed by atoms with Crippen molar-refractivity contribution >= 4 is 11.8 Å². The lowest BCUT2D eigenvalue weighted by Gasteiger charge is -2.34. The number of ether oxygens (including phenoxy) is 1. The molecule has 1 heterocycles. The molecule has 0 aromatic heterocycles. The Labute approximate surface area is 112 Å². The van der Waals surface area contributed by atoms with Crippen LogP contribution in [-0.4, -0.2) is 24.3 Å². The van der Waals surface area contributed by atoms with E-state index in [0.717, 1.165) is 5.56 Å². The number of nitrogens with zero attached hydrogens (tertiary/aromatic N) is 1. The summed E-state index contributed by atoms with van der Waals surface area (Å²) in [5, 5.41) is 0. The summed E-state index contributed by atoms with van der Waals surface area (Å²) in [7, 11) is 0. The minimum absolute atomic E-state index is 0.162. The van der Waals surface area contributed by atoms with Gasteiger partial charge in [0.25, 0.3) is 0 Å². The first-order chi connectivity index (χ1) is 8.76. The van der Waals surface area contributed by atoms with E-state index in [-0.39, 0.29) is 11.9 Å². The second-order valence-electron chi connectivity index (χ2n) is 5.83. The Morgan fingerprint density at radius 3 is 2.79 bits per heavy atom. The molecule has 1 aromatic rings. The number of benzene rings is 1. The number of carbonyl (C=O) groups excluding carboxylic acids is 1. The van der Waals surface area contributed by atoms with Gasteiger partial charge in [0.2, 0.25) is 0 Å². The molecule has 1 amide bonds. The predicted octanol–water partition coefficient (Wildman–Crippen LogP) is 2.45. The van der Waals surface area contributed by atoms with Gasteiger partial charge >= 0.3 is 6.09 Å². The number of carbonyl (C=O) groups is 1. The number of amides is 1. The summed E-state index contributed by atoms with van der Waals surface area (Å²) in [6.07, 6.45) is 0.143. The van der Waals surface area contributed by atoms with E-state index >= 15 is 0 Å². The highest BCUT2D eigenvalue weighted by Crippen LogP contribution is 2.29. The fourth-order valence-electron chi connectivity index (χ4n) is 2.13. The first kappa shape index (κ1) is 13.8. The Kier molecular flexibility index (Phi) is 3.49. The largest absolute Gasteiger partial charge is 0.443 e. The molecule has 1 atom stereocenters. The van der Waals surface area contributed by atoms with E-state index < -0.39 is 11.7 Å². The Hall–Kier alpha value is -1.62. The van der Waals surface area contributed by atoms with Crippen molar-refractivity contribution in [3.63, 3.8) is 0 Å². The highest BCUT2D eigenvalue weighted by Gasteiger charge is 2.30. The average molecular weight is 266 g/mol. The quantitative estimate of drug-likeness (QED) is 0.784. The van der Waals surface area contributed by atoms with E-state index in [1.54, 1.807) is 26.8 Å². The fourth-order valence-corrected chi connectivity index (χ4v) is 2.13. The van der Waals surface area contributed by atoms with Crippen molar-refractivity contribution in [3.05, 3.63) is 29.6 Å². The van der Waals surface area contributed by atoms with Crippen molar-refractivity contribution in [3.8, 4) is 0 Å². The Morgan fingerprint density at radius 1 is 1.47 bits per heavy atom. The summed E-state index contributed by atoms with van der Waals surface area (Å²) >= 11 is 0. The standard InChI is InChI=1S/C14H19FN2O2/c1-14(2,3)19-13(18)17-8-11(16)6-9-4-5-10(15)7-12(9)17/h4-5,7,11H,6,8,16H2,1-3H3. The van der Waals surface area contributed by atoms with Gasteiger partial charge in [-0.2, -0.15) is 0 Å². The first-order valence-corrected chi connectivity index (χ1v) is 6.31. The van der Waals surface area contributed by atoms with Crippen LogP contribution in [0.25, 0.3) is 0 Å². The van der Waals surface area contributed by atoms with Gasteiger partial charge in [-0.1, -0.05) is 6.07 Å². The van der Waals surface area contributed by atoms with Crippen LogP contribution in [0.15, 0.2) is 18.2 Å². The Balaban J connectivity index is 2.32. The average Bonchev–Trinajstić information content (AvgIpc) is 2.26. The zero-order chi connectivity index (χ0) is 14.2. The van der Waals surface area contributed by atoms with Gasteiger partial charge in [-0.15, -0.1) is 0 Å². The minimum atomic E-state index is -0.591. The third-order valence-electron chi connectivity index (χ3n) is 2.85. The third kappa shape index (κ3) is 3.23. The van der Waals surface area contributed by atoms with Gasteiger partial charge in [-0.05, 0) is 44.9 Å². The fraction of sp³-hybridized carbons (Fsp3) is 0.500. The van der Waals surface area contributed by atoms with Gasteiger partial charge in [0, 0.05) is 12.6 Å². The molecule has 0 spiro atoms. The van der Waals surface area contributed by atoms with Crippen molar-refractivity contribution in [2.24, 2.45) is 5.73 Å². The van der Waals surface area contributed by atoms with Gasteiger partial charge < -0.3 is 10.5 Å². The molecule has 0 fully saturated rings. The lowest BCUT2D eigenvalue weighted by atomic mass is 9.99. The summed E-state index contributed by atoms with van der Waals surface area (Å²) in [4.78, 5) is 13.6. The topological polar surface area (TPSA) is 55.6 Å². The SMILES string of the molecule is CC(C)(C)OC(=O)N1CC(N)Cc2ccc(F)cc21. The van der Waals surface area contributed by atoms with Gasteiger partial charge in [-0.3, -0.25) is 4.90 Å². The van der Waals surface area contributed by atoms with Crippen LogP contribution in [0.5, 0.6) is 0 Å². The van der Waals surface area contributed by atoms with Crippen molar-refractivity contribution in [1.29, 1.82) is 0 Å². The predicted molar refractivity (Wildman–Crippen MR) is 71.7 cm³/mol. The maximum absolute atomic E-state index is 13.4. The van der Waals surface area contributed by atoms with Crippen LogP contribution in [0, 0.1) is 5.82 Å². The lowest BCUT2D eigenvalue weighted by molar-refractivity contribution is 0.0575. The van der Waals surface area contributed by atoms with Crippen LogP contribution in [0.3, 0.4) is 0 Å². The molecule has 19 heavy (non-hydrogen) atoms. The summed E-state index contributed by atoms with van der Waals surface area (Å²) in [6.45, 7) is 5.72. The lowest BCUT2D eigenvalue weighted by Crippen LogP contribution is -2.48. The molecule has 0 aliphatic carbocycles. The molecule has 5 heteroatoms. The smallest absolute Gasteiger partial charge is 0.414 e. The number of rotatable bonds is 0. The van der Waals surface area contributed by atoms with Crippen LogP contribution >= 0.6 is 0 Å². The molecule has 2 rings (SSSR count). The maximum atomic E-state index is 13.4. The van der Waals surface area contributed by atoms with Crippen LogP contribution in [-0.2, 0) is 11.2 Å². The van der Waals surface area contributed by atoms with Gasteiger partial charge in [0.1, 0.15) is 11.4 Å². The van der Waals surface area contributed by atoms with E-state index in [1.807, 2.05) is 0 Å². The number of anilines is 1. The molecule has 1 unspecified atom stereocenters. The second-order valence-corrected chi connectivity index (χ2v) is 5.83. The monoisotopic (exact) mass is 266 g/mol. The van der Waals surface area contributed by atoms with Gasteiger partial charge in [0.15, 0.2) is 0 Å². The van der Waals surface area contributed by atoms with Crippen LogP contribution in [0.2, 0.25) is 0 Å². The molecule has 1 aliphatic heterocycles. The number of nitrogens with two attached hydrogens (primary N) is 1. The molecular weight excluding hydrogens is 247 g/mol. The van der Waals surface area contributed by atoms with E-state index in [0.29, 0.717) is 18.7 Å². The van der Waals surface area contributed by atoms with E-state index in [1.165, 1.54) is 17.0 Å². The van der Waals surface area contributed by atoms with Crippen molar-refractivity contribution < 1.29 is 13.9 Å². The molecule has 0 saturated heterocycles. The Bertz CT molecular complexity index is 497. The van der Waals surface area contributed by atoms with Crippen LogP contribution < -0.4 is 10.6 Å². The zero-order valence-electron chi connectivity index (χ0n) is 11.4.